The van der Waals surface area contributed by atoms with Crippen LogP contribution in [0.25, 0.3) is 0 Å². The summed E-state index contributed by atoms with van der Waals surface area (Å²) in [4.78, 5) is 14.2. The average Bonchev–Trinajstić information content (AvgIpc) is 3.38. The zero-order chi connectivity index (χ0) is 16.4. The largest absolute Gasteiger partial charge is 0.494 e. The highest BCUT2D eigenvalue weighted by molar-refractivity contribution is 5.81. The van der Waals surface area contributed by atoms with Gasteiger partial charge in [0, 0.05) is 31.6 Å². The number of likely N-dealkylation sites (tertiary alicyclic amines) is 1. The first kappa shape index (κ1) is 16.2. The number of nitrogens with zero attached hydrogens (tertiary/aromatic N) is 1. The van der Waals surface area contributed by atoms with Crippen molar-refractivity contribution in [2.75, 3.05) is 20.2 Å². The molecule has 0 unspecified atom stereocenters. The number of ether oxygens (including phenoxy) is 1. The van der Waals surface area contributed by atoms with Gasteiger partial charge in [0.05, 0.1) is 7.11 Å². The summed E-state index contributed by atoms with van der Waals surface area (Å²) in [6.45, 7) is 4.46. The van der Waals surface area contributed by atoms with E-state index in [4.69, 9.17) is 4.74 Å². The molecule has 2 aliphatic rings. The Bertz CT molecular complexity index is 574. The number of piperidine rings is 1. The molecule has 2 atom stereocenters. The molecule has 1 amide bonds. The lowest BCUT2D eigenvalue weighted by molar-refractivity contribution is -0.134. The Morgan fingerprint density at radius 2 is 2.17 bits per heavy atom. The predicted octanol–water partition coefficient (Wildman–Crippen LogP) is 2.57. The Morgan fingerprint density at radius 3 is 2.78 bits per heavy atom. The molecule has 2 fully saturated rings. The van der Waals surface area contributed by atoms with Crippen molar-refractivity contribution in [3.8, 4) is 5.75 Å². The van der Waals surface area contributed by atoms with Crippen molar-refractivity contribution in [3.05, 3.63) is 29.6 Å². The van der Waals surface area contributed by atoms with Gasteiger partial charge in [0.1, 0.15) is 0 Å². The molecule has 0 bridgehead atoms. The van der Waals surface area contributed by atoms with Gasteiger partial charge in [-0.25, -0.2) is 4.39 Å². The van der Waals surface area contributed by atoms with Crippen LogP contribution < -0.4 is 10.1 Å². The Morgan fingerprint density at radius 1 is 1.39 bits per heavy atom. The van der Waals surface area contributed by atoms with E-state index in [1.165, 1.54) is 13.2 Å². The lowest BCUT2D eigenvalue weighted by atomic mass is 9.93. The summed E-state index contributed by atoms with van der Waals surface area (Å²) in [5.74, 6) is 0.995. The van der Waals surface area contributed by atoms with Crippen LogP contribution in [0.3, 0.4) is 0 Å². The molecule has 1 aromatic rings. The molecule has 0 spiro atoms. The molecule has 4 nitrogen and oxygen atoms in total. The summed E-state index contributed by atoms with van der Waals surface area (Å²) in [5.41, 5.74) is 0.909. The molecule has 1 aromatic carbocycles. The zero-order valence-corrected chi connectivity index (χ0v) is 13.8. The number of hydrogen-bond donors (Lipinski definition) is 1. The standard InChI is InChI=1S/C18H25FN2O2/c1-12-11-21(18(22)14-4-5-14)8-7-16(12)20-10-13-3-6-17(23-2)15(19)9-13/h3,6,9,12,14,16,20H,4-5,7-8,10-11H2,1-2H3/t12-,16+/m1/s1. The summed E-state index contributed by atoms with van der Waals surface area (Å²) in [6.07, 6.45) is 3.08. The van der Waals surface area contributed by atoms with Gasteiger partial charge in [0.2, 0.25) is 5.91 Å². The molecule has 0 radical (unpaired) electrons. The molecule has 0 aromatic heterocycles. The Balaban J connectivity index is 1.51. The van der Waals surface area contributed by atoms with Crippen molar-refractivity contribution in [2.45, 2.75) is 38.8 Å². The average molecular weight is 320 g/mol. The van der Waals surface area contributed by atoms with Crippen molar-refractivity contribution in [3.63, 3.8) is 0 Å². The number of halogens is 1. The van der Waals surface area contributed by atoms with Crippen LogP contribution in [0.5, 0.6) is 5.75 Å². The van der Waals surface area contributed by atoms with Crippen molar-refractivity contribution in [2.24, 2.45) is 11.8 Å². The first-order valence-electron chi connectivity index (χ1n) is 8.43. The second-order valence-corrected chi connectivity index (χ2v) is 6.78. The highest BCUT2D eigenvalue weighted by Gasteiger charge is 2.36. The summed E-state index contributed by atoms with van der Waals surface area (Å²) >= 11 is 0. The lowest BCUT2D eigenvalue weighted by Gasteiger charge is -2.37. The maximum absolute atomic E-state index is 13.7. The van der Waals surface area contributed by atoms with E-state index in [-0.39, 0.29) is 11.6 Å². The van der Waals surface area contributed by atoms with Crippen LogP contribution in [0.1, 0.15) is 31.7 Å². The Hall–Kier alpha value is -1.62. The molecule has 1 aliphatic heterocycles. The summed E-state index contributed by atoms with van der Waals surface area (Å²) in [7, 11) is 1.47. The van der Waals surface area contributed by atoms with Crippen LogP contribution in [0.15, 0.2) is 18.2 Å². The van der Waals surface area contributed by atoms with Crippen LogP contribution in [-0.2, 0) is 11.3 Å². The molecule has 3 rings (SSSR count). The third kappa shape index (κ3) is 3.83. The number of benzene rings is 1. The lowest BCUT2D eigenvalue weighted by Crippen LogP contribution is -2.50. The van der Waals surface area contributed by atoms with E-state index >= 15 is 0 Å². The fraction of sp³-hybridized carbons (Fsp3) is 0.611. The third-order valence-electron chi connectivity index (χ3n) is 4.93. The SMILES string of the molecule is COc1ccc(CN[C@H]2CCN(C(=O)C3CC3)C[C@H]2C)cc1F. The second-order valence-electron chi connectivity index (χ2n) is 6.78. The molecule has 5 heteroatoms. The number of amides is 1. The van der Waals surface area contributed by atoms with Gasteiger partial charge in [-0.3, -0.25) is 4.79 Å². The molecule has 1 heterocycles. The molecule has 1 saturated carbocycles. The van der Waals surface area contributed by atoms with Crippen molar-refractivity contribution in [1.82, 2.24) is 10.2 Å². The summed E-state index contributed by atoms with van der Waals surface area (Å²) in [5, 5.41) is 3.51. The van der Waals surface area contributed by atoms with Gasteiger partial charge in [-0.05, 0) is 42.9 Å². The molecule has 1 N–H and O–H groups in total. The minimum atomic E-state index is -0.329. The fourth-order valence-electron chi connectivity index (χ4n) is 3.31. The zero-order valence-electron chi connectivity index (χ0n) is 13.8. The Labute approximate surface area is 137 Å². The van der Waals surface area contributed by atoms with Crippen molar-refractivity contribution < 1.29 is 13.9 Å². The van der Waals surface area contributed by atoms with E-state index in [0.717, 1.165) is 37.9 Å². The molecular formula is C18H25FN2O2. The second kappa shape index (κ2) is 6.87. The van der Waals surface area contributed by atoms with E-state index in [9.17, 15) is 9.18 Å². The van der Waals surface area contributed by atoms with Gasteiger partial charge in [-0.15, -0.1) is 0 Å². The van der Waals surface area contributed by atoms with Gasteiger partial charge >= 0.3 is 0 Å². The smallest absolute Gasteiger partial charge is 0.225 e. The maximum atomic E-state index is 13.7. The number of rotatable bonds is 5. The molecular weight excluding hydrogens is 295 g/mol. The minimum absolute atomic E-state index is 0.272. The summed E-state index contributed by atoms with van der Waals surface area (Å²) < 4.78 is 18.7. The fourth-order valence-corrected chi connectivity index (χ4v) is 3.31. The van der Waals surface area contributed by atoms with E-state index in [0.29, 0.717) is 30.3 Å². The Kier molecular flexibility index (Phi) is 4.85. The van der Waals surface area contributed by atoms with Gasteiger partial charge in [0.15, 0.2) is 11.6 Å². The quantitative estimate of drug-likeness (QED) is 0.906. The normalized spacial score (nSPS) is 24.6. The number of carbonyl (C=O) groups excluding carboxylic acids is 1. The first-order chi connectivity index (χ1) is 11.1. The van der Waals surface area contributed by atoms with Gasteiger partial charge in [-0.2, -0.15) is 0 Å². The van der Waals surface area contributed by atoms with E-state index in [1.807, 2.05) is 11.0 Å². The highest BCUT2D eigenvalue weighted by Crippen LogP contribution is 2.32. The van der Waals surface area contributed by atoms with Crippen molar-refractivity contribution in [1.29, 1.82) is 0 Å². The summed E-state index contributed by atoms with van der Waals surface area (Å²) in [6, 6.07) is 5.42. The maximum Gasteiger partial charge on any atom is 0.225 e. The number of hydrogen-bond acceptors (Lipinski definition) is 3. The van der Waals surface area contributed by atoms with E-state index < -0.39 is 0 Å². The van der Waals surface area contributed by atoms with Crippen LogP contribution in [0.4, 0.5) is 4.39 Å². The topological polar surface area (TPSA) is 41.6 Å². The highest BCUT2D eigenvalue weighted by atomic mass is 19.1. The number of nitrogens with one attached hydrogen (secondary N) is 1. The molecule has 1 aliphatic carbocycles. The van der Waals surface area contributed by atoms with Gasteiger partial charge < -0.3 is 15.0 Å². The van der Waals surface area contributed by atoms with Crippen LogP contribution in [-0.4, -0.2) is 37.0 Å². The molecule has 23 heavy (non-hydrogen) atoms. The number of methoxy groups -OCH3 is 1. The van der Waals surface area contributed by atoms with Crippen LogP contribution in [0.2, 0.25) is 0 Å². The first-order valence-corrected chi connectivity index (χ1v) is 8.43. The molecule has 126 valence electrons. The van der Waals surface area contributed by atoms with Crippen LogP contribution >= 0.6 is 0 Å². The van der Waals surface area contributed by atoms with Gasteiger partial charge in [-0.1, -0.05) is 13.0 Å². The van der Waals surface area contributed by atoms with Crippen molar-refractivity contribution >= 4 is 5.91 Å². The monoisotopic (exact) mass is 320 g/mol. The predicted molar refractivity (Wildman–Crippen MR) is 86.7 cm³/mol. The minimum Gasteiger partial charge on any atom is -0.494 e. The molecule has 1 saturated heterocycles. The van der Waals surface area contributed by atoms with E-state index in [2.05, 4.69) is 12.2 Å². The number of carbonyl (C=O) groups is 1. The van der Waals surface area contributed by atoms with Gasteiger partial charge in [0.25, 0.3) is 0 Å². The van der Waals surface area contributed by atoms with E-state index in [1.54, 1.807) is 6.07 Å². The third-order valence-corrected chi connectivity index (χ3v) is 4.93. The van der Waals surface area contributed by atoms with Crippen LogP contribution in [0, 0.1) is 17.7 Å².